The Labute approximate surface area is 137 Å². The number of nitrogens with zero attached hydrogens (tertiary/aromatic N) is 2. The van der Waals surface area contributed by atoms with Gasteiger partial charge in [0.25, 0.3) is 11.8 Å². The van der Waals surface area contributed by atoms with E-state index in [-0.39, 0.29) is 17.8 Å². The van der Waals surface area contributed by atoms with Gasteiger partial charge in [-0.05, 0) is 37.5 Å². The number of piperidine rings is 1. The molecule has 0 aliphatic carbocycles. The van der Waals surface area contributed by atoms with Gasteiger partial charge >= 0.3 is 6.03 Å². The van der Waals surface area contributed by atoms with E-state index in [1.807, 2.05) is 4.90 Å². The summed E-state index contributed by atoms with van der Waals surface area (Å²) in [5, 5.41) is 2.93. The van der Waals surface area contributed by atoms with Crippen molar-refractivity contribution in [2.75, 3.05) is 26.2 Å². The lowest BCUT2D eigenvalue weighted by molar-refractivity contribution is -0.136. The number of unbranched alkanes of at least 4 members (excludes halogenated alkanes) is 1. The lowest BCUT2D eigenvalue weighted by atomic mass is 9.87. The minimum Gasteiger partial charge on any atom is -0.338 e. The summed E-state index contributed by atoms with van der Waals surface area (Å²) >= 11 is 0. The fourth-order valence-electron chi connectivity index (χ4n) is 3.12. The molecule has 0 aromatic rings. The lowest BCUT2D eigenvalue weighted by Crippen LogP contribution is -2.45. The normalized spacial score (nSPS) is 19.1. The molecule has 1 fully saturated rings. The van der Waals surface area contributed by atoms with Crippen LogP contribution in [0.15, 0.2) is 12.2 Å². The molecule has 1 saturated heterocycles. The summed E-state index contributed by atoms with van der Waals surface area (Å²) in [6.45, 7) is 7.14. The standard InChI is InChI=1S/C17H27N3O3/c1-13(2)14-7-11-19(12-8-14)17(23)18-9-3-4-10-20-15(21)5-6-16(20)22/h5-6,13-14H,3-4,7-12H2,1-2H3,(H,18,23). The Kier molecular flexibility index (Phi) is 6.19. The molecule has 0 bridgehead atoms. The van der Waals surface area contributed by atoms with Crippen LogP contribution in [0.1, 0.15) is 39.5 Å². The van der Waals surface area contributed by atoms with Gasteiger partial charge in [-0.15, -0.1) is 0 Å². The molecular weight excluding hydrogens is 294 g/mol. The minimum atomic E-state index is -0.243. The predicted octanol–water partition coefficient (Wildman–Crippen LogP) is 1.77. The van der Waals surface area contributed by atoms with Crippen LogP contribution >= 0.6 is 0 Å². The predicted molar refractivity (Wildman–Crippen MR) is 87.6 cm³/mol. The largest absolute Gasteiger partial charge is 0.338 e. The molecule has 0 unspecified atom stereocenters. The quantitative estimate of drug-likeness (QED) is 0.599. The number of amides is 4. The van der Waals surface area contributed by atoms with Crippen molar-refractivity contribution < 1.29 is 14.4 Å². The number of imide groups is 1. The summed E-state index contributed by atoms with van der Waals surface area (Å²) in [5.74, 6) is 0.924. The number of hydrogen-bond acceptors (Lipinski definition) is 3. The number of likely N-dealkylation sites (tertiary alicyclic amines) is 1. The molecule has 0 saturated carbocycles. The van der Waals surface area contributed by atoms with Crippen molar-refractivity contribution in [2.45, 2.75) is 39.5 Å². The molecule has 0 radical (unpaired) electrons. The Balaban J connectivity index is 1.57. The zero-order valence-corrected chi connectivity index (χ0v) is 14.1. The summed E-state index contributed by atoms with van der Waals surface area (Å²) in [5.41, 5.74) is 0. The molecular formula is C17H27N3O3. The molecule has 23 heavy (non-hydrogen) atoms. The molecule has 0 aromatic carbocycles. The SMILES string of the molecule is CC(C)C1CCN(C(=O)NCCCCN2C(=O)C=CC2=O)CC1. The number of carbonyl (C=O) groups excluding carboxylic acids is 3. The number of urea groups is 1. The van der Waals surface area contributed by atoms with E-state index in [9.17, 15) is 14.4 Å². The molecule has 0 aromatic heterocycles. The maximum atomic E-state index is 12.1. The molecule has 4 amide bonds. The van der Waals surface area contributed by atoms with Crippen LogP contribution in [-0.2, 0) is 9.59 Å². The van der Waals surface area contributed by atoms with Gasteiger partial charge in [0, 0.05) is 38.3 Å². The Morgan fingerprint density at radius 1 is 1.17 bits per heavy atom. The van der Waals surface area contributed by atoms with Crippen molar-refractivity contribution in [2.24, 2.45) is 11.8 Å². The van der Waals surface area contributed by atoms with Crippen LogP contribution in [0.5, 0.6) is 0 Å². The smallest absolute Gasteiger partial charge is 0.317 e. The highest BCUT2D eigenvalue weighted by Crippen LogP contribution is 2.24. The van der Waals surface area contributed by atoms with Gasteiger partial charge in [0.15, 0.2) is 0 Å². The highest BCUT2D eigenvalue weighted by atomic mass is 16.2. The van der Waals surface area contributed by atoms with Gasteiger partial charge in [0.1, 0.15) is 0 Å². The van der Waals surface area contributed by atoms with Gasteiger partial charge in [-0.1, -0.05) is 13.8 Å². The van der Waals surface area contributed by atoms with Crippen LogP contribution in [0.4, 0.5) is 4.79 Å². The Bertz CT molecular complexity index is 461. The number of rotatable bonds is 6. The highest BCUT2D eigenvalue weighted by Gasteiger charge is 2.24. The second-order valence-corrected chi connectivity index (χ2v) is 6.67. The van der Waals surface area contributed by atoms with E-state index in [1.165, 1.54) is 17.1 Å². The summed E-state index contributed by atoms with van der Waals surface area (Å²) in [6.07, 6.45) is 6.21. The summed E-state index contributed by atoms with van der Waals surface area (Å²) in [6, 6.07) is 0.00204. The Morgan fingerprint density at radius 3 is 2.35 bits per heavy atom. The maximum Gasteiger partial charge on any atom is 0.317 e. The molecule has 2 rings (SSSR count). The maximum absolute atomic E-state index is 12.1. The van der Waals surface area contributed by atoms with Crippen LogP contribution in [0.25, 0.3) is 0 Å². The molecule has 6 nitrogen and oxygen atoms in total. The summed E-state index contributed by atoms with van der Waals surface area (Å²) in [7, 11) is 0. The third-order valence-electron chi connectivity index (χ3n) is 4.75. The van der Waals surface area contributed by atoms with E-state index in [0.29, 0.717) is 25.4 Å². The molecule has 0 atom stereocenters. The second kappa shape index (κ2) is 8.13. The van der Waals surface area contributed by atoms with Crippen LogP contribution in [0, 0.1) is 11.8 Å². The first-order chi connectivity index (χ1) is 11.0. The molecule has 128 valence electrons. The van der Waals surface area contributed by atoms with E-state index in [4.69, 9.17) is 0 Å². The molecule has 1 N–H and O–H groups in total. The van der Waals surface area contributed by atoms with Crippen LogP contribution in [-0.4, -0.2) is 53.8 Å². The zero-order valence-electron chi connectivity index (χ0n) is 14.1. The van der Waals surface area contributed by atoms with Gasteiger partial charge in [-0.3, -0.25) is 14.5 Å². The van der Waals surface area contributed by atoms with E-state index < -0.39 is 0 Å². The summed E-state index contributed by atoms with van der Waals surface area (Å²) < 4.78 is 0. The monoisotopic (exact) mass is 321 g/mol. The fraction of sp³-hybridized carbons (Fsp3) is 0.706. The molecule has 6 heteroatoms. The van der Waals surface area contributed by atoms with Crippen LogP contribution < -0.4 is 5.32 Å². The van der Waals surface area contributed by atoms with Crippen LogP contribution in [0.3, 0.4) is 0 Å². The first-order valence-electron chi connectivity index (χ1n) is 8.55. The van der Waals surface area contributed by atoms with Crippen molar-refractivity contribution >= 4 is 17.8 Å². The molecule has 2 heterocycles. The topological polar surface area (TPSA) is 69.7 Å². The minimum absolute atomic E-state index is 0.00204. The van der Waals surface area contributed by atoms with Gasteiger partial charge in [0.05, 0.1) is 0 Å². The molecule has 0 spiro atoms. The van der Waals surface area contributed by atoms with E-state index >= 15 is 0 Å². The van der Waals surface area contributed by atoms with Gasteiger partial charge in [-0.25, -0.2) is 4.79 Å². The number of hydrogen-bond donors (Lipinski definition) is 1. The Morgan fingerprint density at radius 2 is 1.78 bits per heavy atom. The lowest BCUT2D eigenvalue weighted by Gasteiger charge is -2.33. The van der Waals surface area contributed by atoms with Gasteiger partial charge in [-0.2, -0.15) is 0 Å². The second-order valence-electron chi connectivity index (χ2n) is 6.67. The Hall–Kier alpha value is -1.85. The fourth-order valence-corrected chi connectivity index (χ4v) is 3.12. The average molecular weight is 321 g/mol. The molecule has 2 aliphatic heterocycles. The molecule has 2 aliphatic rings. The van der Waals surface area contributed by atoms with Crippen molar-refractivity contribution in [1.29, 1.82) is 0 Å². The van der Waals surface area contributed by atoms with Crippen molar-refractivity contribution in [3.63, 3.8) is 0 Å². The number of nitrogens with one attached hydrogen (secondary N) is 1. The highest BCUT2D eigenvalue weighted by molar-refractivity contribution is 6.12. The van der Waals surface area contributed by atoms with Gasteiger partial charge < -0.3 is 10.2 Å². The first kappa shape index (κ1) is 17.5. The number of carbonyl (C=O) groups is 3. The van der Waals surface area contributed by atoms with Crippen molar-refractivity contribution in [1.82, 2.24) is 15.1 Å². The van der Waals surface area contributed by atoms with E-state index in [1.54, 1.807) is 0 Å². The zero-order chi connectivity index (χ0) is 16.8. The van der Waals surface area contributed by atoms with Crippen molar-refractivity contribution in [3.05, 3.63) is 12.2 Å². The van der Waals surface area contributed by atoms with E-state index in [0.717, 1.165) is 38.3 Å². The average Bonchev–Trinajstić information content (AvgIpc) is 2.86. The van der Waals surface area contributed by atoms with Crippen molar-refractivity contribution in [3.8, 4) is 0 Å². The first-order valence-corrected chi connectivity index (χ1v) is 8.55. The van der Waals surface area contributed by atoms with E-state index in [2.05, 4.69) is 19.2 Å². The van der Waals surface area contributed by atoms with Gasteiger partial charge in [0.2, 0.25) is 0 Å². The third-order valence-corrected chi connectivity index (χ3v) is 4.75. The summed E-state index contributed by atoms with van der Waals surface area (Å²) in [4.78, 5) is 38.0. The third kappa shape index (κ3) is 4.81. The van der Waals surface area contributed by atoms with Crippen LogP contribution in [0.2, 0.25) is 0 Å².